The van der Waals surface area contributed by atoms with Crippen molar-refractivity contribution in [3.05, 3.63) is 17.5 Å². The van der Waals surface area contributed by atoms with Gasteiger partial charge in [-0.3, -0.25) is 4.68 Å². The fraction of sp³-hybridized carbons (Fsp3) is 0.812. The smallest absolute Gasteiger partial charge is 0.0685 e. The quantitative estimate of drug-likeness (QED) is 0.904. The highest BCUT2D eigenvalue weighted by Crippen LogP contribution is 2.43. The van der Waals surface area contributed by atoms with E-state index in [0.717, 1.165) is 19.4 Å². The summed E-state index contributed by atoms with van der Waals surface area (Å²) in [4.78, 5) is 0. The Morgan fingerprint density at radius 1 is 1.40 bits per heavy atom. The van der Waals surface area contributed by atoms with Crippen LogP contribution in [0.25, 0.3) is 0 Å². The molecule has 1 aromatic rings. The maximum absolute atomic E-state index is 6.56. The maximum Gasteiger partial charge on any atom is 0.0685 e. The van der Waals surface area contributed by atoms with Crippen LogP contribution < -0.4 is 5.73 Å². The van der Waals surface area contributed by atoms with E-state index in [4.69, 9.17) is 10.5 Å². The predicted molar refractivity (Wildman–Crippen MR) is 79.4 cm³/mol. The molecule has 20 heavy (non-hydrogen) atoms. The minimum absolute atomic E-state index is 0.103. The Morgan fingerprint density at radius 3 is 2.80 bits per heavy atom. The number of hydrogen-bond acceptors (Lipinski definition) is 3. The Morgan fingerprint density at radius 2 is 2.15 bits per heavy atom. The van der Waals surface area contributed by atoms with Crippen molar-refractivity contribution >= 4 is 0 Å². The van der Waals surface area contributed by atoms with Gasteiger partial charge in [0.05, 0.1) is 11.8 Å². The van der Waals surface area contributed by atoms with Gasteiger partial charge in [-0.05, 0) is 38.5 Å². The summed E-state index contributed by atoms with van der Waals surface area (Å²) in [5, 5.41) is 4.34. The van der Waals surface area contributed by atoms with Crippen LogP contribution in [0.5, 0.6) is 0 Å². The molecule has 1 aliphatic heterocycles. The lowest BCUT2D eigenvalue weighted by molar-refractivity contribution is -0.120. The van der Waals surface area contributed by atoms with Crippen LogP contribution in [0.4, 0.5) is 0 Å². The minimum Gasteiger partial charge on any atom is -0.375 e. The lowest BCUT2D eigenvalue weighted by atomic mass is 9.73. The molecule has 2 atom stereocenters. The van der Waals surface area contributed by atoms with Gasteiger partial charge in [-0.25, -0.2) is 0 Å². The van der Waals surface area contributed by atoms with Crippen LogP contribution in [0.15, 0.2) is 6.20 Å². The maximum atomic E-state index is 6.56. The second kappa shape index (κ2) is 5.49. The Bertz CT molecular complexity index is 457. The van der Waals surface area contributed by atoms with E-state index in [1.807, 2.05) is 17.9 Å². The van der Waals surface area contributed by atoms with Crippen LogP contribution >= 0.6 is 0 Å². The monoisotopic (exact) mass is 277 g/mol. The lowest BCUT2D eigenvalue weighted by Gasteiger charge is -2.45. The van der Waals surface area contributed by atoms with Crippen LogP contribution in [0.3, 0.4) is 0 Å². The van der Waals surface area contributed by atoms with E-state index >= 15 is 0 Å². The third-order valence-electron chi connectivity index (χ3n) is 5.44. The van der Waals surface area contributed by atoms with Crippen molar-refractivity contribution in [2.45, 2.75) is 63.5 Å². The number of nitrogens with two attached hydrogens (primary N) is 1. The van der Waals surface area contributed by atoms with Gasteiger partial charge in [0.2, 0.25) is 0 Å². The van der Waals surface area contributed by atoms with E-state index in [1.54, 1.807) is 0 Å². The Kier molecular flexibility index (Phi) is 3.87. The molecular weight excluding hydrogens is 250 g/mol. The molecule has 1 aromatic heterocycles. The normalized spacial score (nSPS) is 27.6. The highest BCUT2D eigenvalue weighted by atomic mass is 16.5. The van der Waals surface area contributed by atoms with Gasteiger partial charge in [0.15, 0.2) is 0 Å². The zero-order valence-corrected chi connectivity index (χ0v) is 12.8. The van der Waals surface area contributed by atoms with Gasteiger partial charge in [0.25, 0.3) is 0 Å². The van der Waals surface area contributed by atoms with Gasteiger partial charge in [-0.2, -0.15) is 5.10 Å². The van der Waals surface area contributed by atoms with Gasteiger partial charge in [-0.15, -0.1) is 0 Å². The standard InChI is InChI=1S/C16H27N3O/c1-12-14(11-18-19(12)2)15(17)13-6-9-20-16(10-13)7-4-3-5-8-16/h11,13,15H,3-10,17H2,1-2H3. The second-order valence-corrected chi connectivity index (χ2v) is 6.68. The average molecular weight is 277 g/mol. The van der Waals surface area contributed by atoms with Gasteiger partial charge in [0.1, 0.15) is 0 Å². The Labute approximate surface area is 121 Å². The molecule has 2 aliphatic rings. The van der Waals surface area contributed by atoms with Crippen LogP contribution in [0, 0.1) is 12.8 Å². The molecule has 3 rings (SSSR count). The van der Waals surface area contributed by atoms with Crippen molar-refractivity contribution in [1.82, 2.24) is 9.78 Å². The summed E-state index contributed by atoms with van der Waals surface area (Å²) in [6, 6.07) is 0.103. The SMILES string of the molecule is Cc1c(C(N)C2CCOC3(CCCCC3)C2)cnn1C. The summed E-state index contributed by atoms with van der Waals surface area (Å²) in [7, 11) is 1.98. The number of aromatic nitrogens is 2. The van der Waals surface area contributed by atoms with E-state index in [0.29, 0.717) is 5.92 Å². The molecule has 1 aliphatic carbocycles. The first-order valence-electron chi connectivity index (χ1n) is 7.99. The third kappa shape index (κ3) is 2.51. The van der Waals surface area contributed by atoms with E-state index in [-0.39, 0.29) is 11.6 Å². The van der Waals surface area contributed by atoms with Crippen LogP contribution in [-0.2, 0) is 11.8 Å². The molecule has 4 nitrogen and oxygen atoms in total. The highest BCUT2D eigenvalue weighted by Gasteiger charge is 2.40. The first-order valence-corrected chi connectivity index (χ1v) is 7.99. The number of rotatable bonds is 2. The van der Waals surface area contributed by atoms with Crippen molar-refractivity contribution in [2.75, 3.05) is 6.61 Å². The zero-order valence-electron chi connectivity index (χ0n) is 12.8. The molecule has 1 spiro atoms. The fourth-order valence-corrected chi connectivity index (χ4v) is 4.01. The summed E-state index contributed by atoms with van der Waals surface area (Å²) in [6.45, 7) is 2.98. The number of ether oxygens (including phenoxy) is 1. The fourth-order valence-electron chi connectivity index (χ4n) is 4.01. The van der Waals surface area contributed by atoms with E-state index in [2.05, 4.69) is 12.0 Å². The zero-order chi connectivity index (χ0) is 14.2. The molecule has 2 fully saturated rings. The molecule has 1 saturated heterocycles. The van der Waals surface area contributed by atoms with Gasteiger partial charge in [0, 0.05) is 31.0 Å². The molecule has 1 saturated carbocycles. The molecular formula is C16H27N3O. The van der Waals surface area contributed by atoms with Gasteiger partial charge in [-0.1, -0.05) is 19.3 Å². The van der Waals surface area contributed by atoms with Crippen LogP contribution in [0.1, 0.15) is 62.2 Å². The largest absolute Gasteiger partial charge is 0.375 e. The number of aryl methyl sites for hydroxylation is 1. The predicted octanol–water partition coefficient (Wildman–Crippen LogP) is 2.86. The summed E-state index contributed by atoms with van der Waals surface area (Å²) < 4.78 is 8.10. The number of hydrogen-bond donors (Lipinski definition) is 1. The summed E-state index contributed by atoms with van der Waals surface area (Å²) in [6.07, 6.45) is 10.6. The molecule has 0 bridgehead atoms. The molecule has 112 valence electrons. The Hall–Kier alpha value is -0.870. The van der Waals surface area contributed by atoms with E-state index < -0.39 is 0 Å². The lowest BCUT2D eigenvalue weighted by Crippen LogP contribution is -2.44. The van der Waals surface area contributed by atoms with Gasteiger partial charge < -0.3 is 10.5 Å². The topological polar surface area (TPSA) is 53.1 Å². The van der Waals surface area contributed by atoms with Crippen LogP contribution in [0.2, 0.25) is 0 Å². The average Bonchev–Trinajstić information content (AvgIpc) is 2.79. The molecule has 2 heterocycles. The van der Waals surface area contributed by atoms with Crippen molar-refractivity contribution < 1.29 is 4.74 Å². The van der Waals surface area contributed by atoms with Crippen molar-refractivity contribution in [3.8, 4) is 0 Å². The molecule has 4 heteroatoms. The second-order valence-electron chi connectivity index (χ2n) is 6.68. The van der Waals surface area contributed by atoms with E-state index in [9.17, 15) is 0 Å². The van der Waals surface area contributed by atoms with Crippen molar-refractivity contribution in [3.63, 3.8) is 0 Å². The van der Waals surface area contributed by atoms with E-state index in [1.165, 1.54) is 43.4 Å². The summed E-state index contributed by atoms with van der Waals surface area (Å²) in [5.74, 6) is 0.532. The molecule has 2 N–H and O–H groups in total. The first kappa shape index (κ1) is 14.1. The van der Waals surface area contributed by atoms with Crippen molar-refractivity contribution in [2.24, 2.45) is 18.7 Å². The first-order chi connectivity index (χ1) is 9.61. The van der Waals surface area contributed by atoms with Gasteiger partial charge >= 0.3 is 0 Å². The summed E-state index contributed by atoms with van der Waals surface area (Å²) in [5.41, 5.74) is 9.11. The Balaban J connectivity index is 1.74. The highest BCUT2D eigenvalue weighted by molar-refractivity contribution is 5.21. The van der Waals surface area contributed by atoms with Crippen LogP contribution in [-0.4, -0.2) is 22.0 Å². The summed E-state index contributed by atoms with van der Waals surface area (Å²) >= 11 is 0. The molecule has 0 radical (unpaired) electrons. The third-order valence-corrected chi connectivity index (χ3v) is 5.44. The van der Waals surface area contributed by atoms with Crippen molar-refractivity contribution in [1.29, 1.82) is 0 Å². The minimum atomic E-state index is 0.103. The molecule has 0 aromatic carbocycles. The molecule has 0 amide bonds. The molecule has 2 unspecified atom stereocenters. The number of nitrogens with zero attached hydrogens (tertiary/aromatic N) is 2.